The maximum atomic E-state index is 12.4. The zero-order valence-corrected chi connectivity index (χ0v) is 14.2. The Morgan fingerprint density at radius 3 is 2.45 bits per heavy atom. The van der Waals surface area contributed by atoms with Crippen molar-refractivity contribution in [1.29, 1.82) is 0 Å². The minimum atomic E-state index is -3.43. The van der Waals surface area contributed by atoms with Crippen LogP contribution in [-0.4, -0.2) is 33.2 Å². The fourth-order valence-corrected chi connectivity index (χ4v) is 3.85. The molecule has 1 aromatic carbocycles. The van der Waals surface area contributed by atoms with Crippen LogP contribution in [0.2, 0.25) is 0 Å². The van der Waals surface area contributed by atoms with E-state index in [4.69, 9.17) is 0 Å². The molecule has 6 heteroatoms. The van der Waals surface area contributed by atoms with Crippen LogP contribution in [0.4, 0.5) is 11.4 Å². The molecule has 2 rings (SSSR count). The maximum absolute atomic E-state index is 12.4. The number of benzene rings is 1. The first-order valence-corrected chi connectivity index (χ1v) is 9.24. The lowest BCUT2D eigenvalue weighted by Crippen LogP contribution is -2.32. The summed E-state index contributed by atoms with van der Waals surface area (Å²) in [7, 11) is -3.43. The van der Waals surface area contributed by atoms with Gasteiger partial charge in [-0.3, -0.25) is 4.79 Å². The summed E-state index contributed by atoms with van der Waals surface area (Å²) in [5, 5.41) is 2.01. The van der Waals surface area contributed by atoms with Gasteiger partial charge in [-0.25, -0.2) is 8.42 Å². The van der Waals surface area contributed by atoms with Crippen LogP contribution in [0, 0.1) is 5.92 Å². The molecule has 1 saturated heterocycles. The van der Waals surface area contributed by atoms with Gasteiger partial charge in [-0.2, -0.15) is 0 Å². The Bertz CT molecular complexity index is 633. The first-order chi connectivity index (χ1) is 10.4. The van der Waals surface area contributed by atoms with Crippen molar-refractivity contribution < 1.29 is 13.2 Å². The Balaban J connectivity index is 2.37. The van der Waals surface area contributed by atoms with Gasteiger partial charge in [-0.15, -0.1) is 0 Å². The molecule has 1 amide bonds. The van der Waals surface area contributed by atoms with Crippen LogP contribution >= 0.6 is 0 Å². The summed E-state index contributed by atoms with van der Waals surface area (Å²) in [6, 6.07) is 5.20. The first kappa shape index (κ1) is 16.8. The van der Waals surface area contributed by atoms with E-state index in [1.807, 2.05) is 6.07 Å². The summed E-state index contributed by atoms with van der Waals surface area (Å²) in [5.74, 6) is 0.726. The van der Waals surface area contributed by atoms with Gasteiger partial charge in [0.2, 0.25) is 6.41 Å². The number of hydrogen-bond acceptors (Lipinski definition) is 4. The normalized spacial score (nSPS) is 16.8. The summed E-state index contributed by atoms with van der Waals surface area (Å²) < 4.78 is 24.8. The van der Waals surface area contributed by atoms with Gasteiger partial charge < -0.3 is 10.2 Å². The maximum Gasteiger partial charge on any atom is 0.211 e. The molecule has 0 unspecified atom stereocenters. The molecule has 1 heterocycles. The second-order valence-corrected chi connectivity index (χ2v) is 8.68. The molecule has 0 spiro atoms. The zero-order chi connectivity index (χ0) is 16.3. The molecule has 1 aliphatic rings. The number of anilines is 2. The van der Waals surface area contributed by atoms with Crippen molar-refractivity contribution in [2.24, 2.45) is 5.92 Å². The van der Waals surface area contributed by atoms with Gasteiger partial charge in [-0.05, 0) is 50.8 Å². The van der Waals surface area contributed by atoms with E-state index >= 15 is 0 Å². The second-order valence-electron chi connectivity index (χ2n) is 6.21. The Hall–Kier alpha value is -1.56. The number of nitrogens with zero attached hydrogens (tertiary/aromatic N) is 1. The molecule has 1 fully saturated rings. The van der Waals surface area contributed by atoms with Gasteiger partial charge in [0.25, 0.3) is 0 Å². The highest BCUT2D eigenvalue weighted by Gasteiger charge is 2.24. The zero-order valence-electron chi connectivity index (χ0n) is 13.4. The highest BCUT2D eigenvalue weighted by atomic mass is 32.2. The molecular weight excluding hydrogens is 300 g/mol. The number of hydrogen-bond donors (Lipinski definition) is 1. The number of sulfone groups is 1. The quantitative estimate of drug-likeness (QED) is 0.846. The number of piperidine rings is 1. The lowest BCUT2D eigenvalue weighted by Gasteiger charge is -2.32. The van der Waals surface area contributed by atoms with Gasteiger partial charge in [-0.1, -0.05) is 6.92 Å². The van der Waals surface area contributed by atoms with Gasteiger partial charge in [0.05, 0.1) is 15.8 Å². The third-order valence-corrected chi connectivity index (χ3v) is 6.46. The Morgan fingerprint density at radius 1 is 1.27 bits per heavy atom. The third kappa shape index (κ3) is 3.43. The number of rotatable bonds is 5. The molecule has 1 N–H and O–H groups in total. The predicted molar refractivity (Wildman–Crippen MR) is 89.1 cm³/mol. The number of nitrogens with one attached hydrogen (secondary N) is 1. The van der Waals surface area contributed by atoms with E-state index < -0.39 is 15.1 Å². The van der Waals surface area contributed by atoms with Gasteiger partial charge in [0.15, 0.2) is 9.84 Å². The van der Waals surface area contributed by atoms with Crippen molar-refractivity contribution >= 4 is 27.6 Å². The van der Waals surface area contributed by atoms with E-state index in [-0.39, 0.29) is 4.90 Å². The molecular formula is C16H24N2O3S. The molecule has 122 valence electrons. The molecule has 0 atom stereocenters. The molecule has 0 saturated carbocycles. The number of carbonyl (C=O) groups is 1. The van der Waals surface area contributed by atoms with Crippen LogP contribution in [0.5, 0.6) is 0 Å². The topological polar surface area (TPSA) is 66.5 Å². The molecule has 22 heavy (non-hydrogen) atoms. The van der Waals surface area contributed by atoms with Crippen molar-refractivity contribution in [2.45, 2.75) is 43.8 Å². The first-order valence-electron chi connectivity index (χ1n) is 7.69. The van der Waals surface area contributed by atoms with E-state index in [9.17, 15) is 13.2 Å². The summed E-state index contributed by atoms with van der Waals surface area (Å²) in [6.45, 7) is 7.44. The number of carbonyl (C=O) groups excluding carboxylic acids is 1. The monoisotopic (exact) mass is 324 g/mol. The fourth-order valence-electron chi connectivity index (χ4n) is 2.66. The largest absolute Gasteiger partial charge is 0.371 e. The molecule has 1 aliphatic heterocycles. The summed E-state index contributed by atoms with van der Waals surface area (Å²) in [4.78, 5) is 13.3. The average molecular weight is 324 g/mol. The SMILES string of the molecule is CC1CCN(c2ccc(S(=O)(=O)C(C)C)c(NC=O)c2)CC1. The van der Waals surface area contributed by atoms with Crippen LogP contribution in [-0.2, 0) is 14.6 Å². The Kier molecular flexibility index (Phi) is 5.11. The minimum Gasteiger partial charge on any atom is -0.371 e. The van der Waals surface area contributed by atoms with Gasteiger partial charge in [0.1, 0.15) is 0 Å². The van der Waals surface area contributed by atoms with Gasteiger partial charge in [0, 0.05) is 18.8 Å². The van der Waals surface area contributed by atoms with E-state index in [1.54, 1.807) is 26.0 Å². The molecule has 0 radical (unpaired) electrons. The molecule has 0 bridgehead atoms. The molecule has 5 nitrogen and oxygen atoms in total. The van der Waals surface area contributed by atoms with E-state index in [0.29, 0.717) is 12.1 Å². The minimum absolute atomic E-state index is 0.184. The smallest absolute Gasteiger partial charge is 0.211 e. The Labute approximate surface area is 132 Å². The second kappa shape index (κ2) is 6.69. The van der Waals surface area contributed by atoms with Crippen LogP contribution in [0.1, 0.15) is 33.6 Å². The Morgan fingerprint density at radius 2 is 1.91 bits per heavy atom. The lowest BCUT2D eigenvalue weighted by atomic mass is 9.99. The third-order valence-electron chi connectivity index (χ3n) is 4.25. The van der Waals surface area contributed by atoms with Crippen molar-refractivity contribution in [3.8, 4) is 0 Å². The lowest BCUT2D eigenvalue weighted by molar-refractivity contribution is -0.105. The van der Waals surface area contributed by atoms with Crippen LogP contribution in [0.3, 0.4) is 0 Å². The predicted octanol–water partition coefficient (Wildman–Crippen LogP) is 2.67. The highest BCUT2D eigenvalue weighted by molar-refractivity contribution is 7.92. The van der Waals surface area contributed by atoms with Crippen LogP contribution < -0.4 is 10.2 Å². The highest BCUT2D eigenvalue weighted by Crippen LogP contribution is 2.31. The fraction of sp³-hybridized carbons (Fsp3) is 0.562. The average Bonchev–Trinajstić information content (AvgIpc) is 2.48. The summed E-state index contributed by atoms with van der Waals surface area (Å²) in [6.07, 6.45) is 2.78. The van der Waals surface area contributed by atoms with Crippen molar-refractivity contribution in [1.82, 2.24) is 0 Å². The summed E-state index contributed by atoms with van der Waals surface area (Å²) >= 11 is 0. The molecule has 0 aromatic heterocycles. The van der Waals surface area contributed by atoms with Crippen LogP contribution in [0.15, 0.2) is 23.1 Å². The van der Waals surface area contributed by atoms with Crippen molar-refractivity contribution in [3.63, 3.8) is 0 Å². The van der Waals surface area contributed by atoms with Crippen molar-refractivity contribution in [3.05, 3.63) is 18.2 Å². The molecule has 1 aromatic rings. The van der Waals surface area contributed by atoms with E-state index in [0.717, 1.165) is 37.5 Å². The van der Waals surface area contributed by atoms with Crippen LogP contribution in [0.25, 0.3) is 0 Å². The van der Waals surface area contributed by atoms with E-state index in [1.165, 1.54) is 0 Å². The van der Waals surface area contributed by atoms with Crippen molar-refractivity contribution in [2.75, 3.05) is 23.3 Å². The van der Waals surface area contributed by atoms with E-state index in [2.05, 4.69) is 17.1 Å². The number of amides is 1. The standard InChI is InChI=1S/C16H24N2O3S/c1-12(2)22(20,21)16-5-4-14(10-15(16)17-11-19)18-8-6-13(3)7-9-18/h4-5,10-13H,6-9H2,1-3H3,(H,17,19). The summed E-state index contributed by atoms with van der Waals surface area (Å²) in [5.41, 5.74) is 1.32. The molecule has 0 aliphatic carbocycles. The van der Waals surface area contributed by atoms with Gasteiger partial charge >= 0.3 is 0 Å².